The monoisotopic (exact) mass is 911 g/mol. The number of nitrogens with two attached hydrogens (primary N) is 2. The molecule has 8 atom stereocenters. The molecule has 13 N–H and O–H groups in total. The predicted molar refractivity (Wildman–Crippen MR) is 199 cm³/mol. The first-order valence-electron chi connectivity index (χ1n) is 16.5. The van der Waals surface area contributed by atoms with Crippen molar-refractivity contribution < 1.29 is 85.4 Å². The average molecular weight is 912 g/mol. The standard InChI is InChI=1S/C26H45N9O19P4/c1-4-15(2)5-34(23-16(3)22(27)29-12-30-23)19(8-38)51-17(6-36)10-49-57(45,46)53-55(41,42)14-56(43,44)54-58(47,48)50-11-18(7-37)52-20(9-39)35-13-31-21-24(35)32-26(28)33-25(21)40/h5,12-13,17-20,36-39H,4,6-11,14H2,1-3H3,(H,41,42)(H,43,44)(H,45,46)(H,47,48)(H2,27,29,30)(H3,28,32,33,40). The van der Waals surface area contributed by atoms with Crippen molar-refractivity contribution in [2.45, 2.75) is 51.9 Å². The first-order chi connectivity index (χ1) is 27.0. The van der Waals surface area contributed by atoms with E-state index in [0.29, 0.717) is 12.0 Å². The number of aromatic amines is 1. The first-order valence-corrected chi connectivity index (χ1v) is 23.0. The van der Waals surface area contributed by atoms with Crippen LogP contribution in [0.5, 0.6) is 0 Å². The number of phosphoric ester groups is 2. The number of aliphatic hydroxyl groups is 4. The Balaban J connectivity index is 1.62. The molecule has 0 amide bonds. The molecule has 0 spiro atoms. The van der Waals surface area contributed by atoms with E-state index in [1.807, 2.05) is 6.92 Å². The molecule has 0 saturated carbocycles. The molecule has 0 bridgehead atoms. The third-order valence-corrected chi connectivity index (χ3v) is 14.9. The van der Waals surface area contributed by atoms with Crippen molar-refractivity contribution in [3.63, 3.8) is 0 Å². The molecular formula is C26H45N9O19P4. The molecule has 3 aromatic rings. The van der Waals surface area contributed by atoms with Crippen LogP contribution in [-0.2, 0) is 45.4 Å². The van der Waals surface area contributed by atoms with Crippen LogP contribution in [0.3, 0.4) is 0 Å². The zero-order chi connectivity index (χ0) is 43.6. The van der Waals surface area contributed by atoms with E-state index in [1.54, 1.807) is 20.0 Å². The minimum absolute atomic E-state index is 0.106. The summed E-state index contributed by atoms with van der Waals surface area (Å²) >= 11 is 0. The summed E-state index contributed by atoms with van der Waals surface area (Å²) in [7, 11) is -22.8. The lowest BCUT2D eigenvalue weighted by molar-refractivity contribution is -0.109. The summed E-state index contributed by atoms with van der Waals surface area (Å²) in [6.07, 6.45) is -1.60. The summed E-state index contributed by atoms with van der Waals surface area (Å²) in [5, 5.41) is 39.7. The van der Waals surface area contributed by atoms with Crippen molar-refractivity contribution in [2.24, 2.45) is 0 Å². The number of rotatable bonds is 25. The number of phosphoric acid groups is 2. The molecule has 0 saturated heterocycles. The predicted octanol–water partition coefficient (Wildman–Crippen LogP) is -0.637. The maximum absolute atomic E-state index is 12.6. The van der Waals surface area contributed by atoms with Gasteiger partial charge < -0.3 is 65.8 Å². The summed E-state index contributed by atoms with van der Waals surface area (Å²) in [5.41, 5.74) is 11.5. The lowest BCUT2D eigenvalue weighted by Crippen LogP contribution is -2.42. The van der Waals surface area contributed by atoms with E-state index in [1.165, 1.54) is 4.90 Å². The van der Waals surface area contributed by atoms with Gasteiger partial charge in [-0.25, -0.2) is 32.7 Å². The minimum Gasteiger partial charge on any atom is -0.394 e. The van der Waals surface area contributed by atoms with Gasteiger partial charge in [-0.15, -0.1) is 0 Å². The Bertz CT molecular complexity index is 2140. The van der Waals surface area contributed by atoms with Crippen LogP contribution in [-0.4, -0.2) is 133 Å². The molecule has 8 unspecified atom stereocenters. The van der Waals surface area contributed by atoms with Crippen LogP contribution in [0.15, 0.2) is 29.2 Å². The Labute approximate surface area is 328 Å². The smallest absolute Gasteiger partial charge is 0.394 e. The van der Waals surface area contributed by atoms with Crippen molar-refractivity contribution >= 4 is 59.6 Å². The zero-order valence-electron chi connectivity index (χ0n) is 30.9. The van der Waals surface area contributed by atoms with E-state index in [2.05, 4.69) is 42.6 Å². The van der Waals surface area contributed by atoms with Gasteiger partial charge in [0.2, 0.25) is 5.95 Å². The largest absolute Gasteiger partial charge is 0.479 e. The topological polar surface area (TPSA) is 430 Å². The van der Waals surface area contributed by atoms with E-state index in [4.69, 9.17) is 20.9 Å². The fraction of sp³-hybridized carbons (Fsp3) is 0.577. The van der Waals surface area contributed by atoms with Crippen molar-refractivity contribution in [2.75, 3.05) is 61.9 Å². The molecule has 0 radical (unpaired) electrons. The third-order valence-electron chi connectivity index (χ3n) is 7.41. The Morgan fingerprint density at radius 2 is 1.47 bits per heavy atom. The lowest BCUT2D eigenvalue weighted by atomic mass is 10.2. The second-order valence-electron chi connectivity index (χ2n) is 12.0. The highest BCUT2D eigenvalue weighted by Crippen LogP contribution is 2.70. The zero-order valence-corrected chi connectivity index (χ0v) is 34.5. The fourth-order valence-corrected chi connectivity index (χ4v) is 11.4. The number of nitrogens with one attached hydrogen (secondary N) is 1. The molecule has 328 valence electrons. The molecule has 32 heteroatoms. The van der Waals surface area contributed by atoms with E-state index in [-0.39, 0.29) is 28.7 Å². The van der Waals surface area contributed by atoms with Gasteiger partial charge in [-0.2, -0.15) is 4.98 Å². The van der Waals surface area contributed by atoms with Gasteiger partial charge in [0.15, 0.2) is 29.5 Å². The number of allylic oxidation sites excluding steroid dienone is 1. The van der Waals surface area contributed by atoms with Gasteiger partial charge in [-0.3, -0.25) is 32.5 Å². The van der Waals surface area contributed by atoms with Gasteiger partial charge in [0.25, 0.3) is 5.56 Å². The average Bonchev–Trinajstić information content (AvgIpc) is 3.54. The number of hydrogen-bond acceptors (Lipinski definition) is 22. The Morgan fingerprint density at radius 1 is 0.897 bits per heavy atom. The number of hydrogen-bond donors (Lipinski definition) is 11. The maximum atomic E-state index is 12.6. The highest BCUT2D eigenvalue weighted by Gasteiger charge is 2.44. The number of aliphatic hydroxyl groups excluding tert-OH is 4. The van der Waals surface area contributed by atoms with Crippen molar-refractivity contribution in [1.82, 2.24) is 29.5 Å². The Morgan fingerprint density at radius 3 is 1.98 bits per heavy atom. The van der Waals surface area contributed by atoms with Crippen LogP contribution in [0, 0.1) is 6.92 Å². The summed E-state index contributed by atoms with van der Waals surface area (Å²) < 4.78 is 80.2. The number of ether oxygens (including phenoxy) is 2. The van der Waals surface area contributed by atoms with E-state index in [9.17, 15) is 63.1 Å². The number of imidazole rings is 1. The highest BCUT2D eigenvalue weighted by atomic mass is 31.3. The van der Waals surface area contributed by atoms with Crippen LogP contribution in [0.4, 0.5) is 17.6 Å². The second-order valence-corrected chi connectivity index (χ2v) is 19.4. The van der Waals surface area contributed by atoms with E-state index < -0.39 is 107 Å². The van der Waals surface area contributed by atoms with E-state index in [0.717, 1.165) is 22.8 Å². The van der Waals surface area contributed by atoms with Crippen molar-refractivity contribution in [3.8, 4) is 0 Å². The molecule has 0 aliphatic rings. The molecule has 0 aromatic carbocycles. The van der Waals surface area contributed by atoms with Crippen molar-refractivity contribution in [1.29, 1.82) is 0 Å². The van der Waals surface area contributed by atoms with Crippen LogP contribution < -0.4 is 21.9 Å². The van der Waals surface area contributed by atoms with Gasteiger partial charge in [0.05, 0.1) is 46.0 Å². The quantitative estimate of drug-likeness (QED) is 0.0372. The number of fused-ring (bicyclic) bond motifs is 1. The first kappa shape index (κ1) is 49.3. The van der Waals surface area contributed by atoms with Crippen LogP contribution >= 0.6 is 30.8 Å². The molecule has 0 fully saturated rings. The Hall–Kier alpha value is -3.07. The molecule has 0 aliphatic carbocycles. The van der Waals surface area contributed by atoms with Crippen LogP contribution in [0.2, 0.25) is 0 Å². The van der Waals surface area contributed by atoms with Crippen LogP contribution in [0.25, 0.3) is 11.2 Å². The lowest BCUT2D eigenvalue weighted by Gasteiger charge is -2.32. The fourth-order valence-electron chi connectivity index (χ4n) is 4.59. The summed E-state index contributed by atoms with van der Waals surface area (Å²) in [6.45, 7) is -0.385. The summed E-state index contributed by atoms with van der Waals surface area (Å²) in [6, 6.07) is 0. The molecule has 3 aromatic heterocycles. The SMILES string of the molecule is CCC(C)=CN(c1ncnc(N)c1C)C(CO)OC(CO)COP(=O)(O)OP(=O)(O)CP(=O)(O)OP(=O)(O)OCC(CO)OC(CO)n1cnc2c(=O)[nH]c(N)nc21. The van der Waals surface area contributed by atoms with Crippen molar-refractivity contribution in [3.05, 3.63) is 40.3 Å². The minimum atomic E-state index is -5.72. The Kier molecular flexibility index (Phi) is 17.8. The van der Waals surface area contributed by atoms with Gasteiger partial charge in [0, 0.05) is 11.8 Å². The molecule has 0 aliphatic heterocycles. The summed E-state index contributed by atoms with van der Waals surface area (Å²) in [4.78, 5) is 71.9. The maximum Gasteiger partial charge on any atom is 0.479 e. The number of nitrogen functional groups attached to an aromatic ring is 2. The second kappa shape index (κ2) is 20.9. The van der Waals surface area contributed by atoms with E-state index >= 15 is 0 Å². The number of anilines is 3. The molecular weight excluding hydrogens is 866 g/mol. The van der Waals surface area contributed by atoms with Gasteiger partial charge in [0.1, 0.15) is 30.2 Å². The number of H-pyrrole nitrogens is 1. The molecule has 3 heterocycles. The highest BCUT2D eigenvalue weighted by molar-refractivity contribution is 7.76. The van der Waals surface area contributed by atoms with Gasteiger partial charge >= 0.3 is 30.8 Å². The number of nitrogens with zero attached hydrogens (tertiary/aromatic N) is 6. The molecule has 58 heavy (non-hydrogen) atoms. The molecule has 3 rings (SSSR count). The molecule has 28 nitrogen and oxygen atoms in total. The third kappa shape index (κ3) is 14.3. The number of aromatic nitrogens is 6. The van der Waals surface area contributed by atoms with Gasteiger partial charge in [-0.05, 0) is 20.3 Å². The summed E-state index contributed by atoms with van der Waals surface area (Å²) in [5.74, 6) is -2.08. The van der Waals surface area contributed by atoms with Crippen LogP contribution in [0.1, 0.15) is 32.1 Å². The van der Waals surface area contributed by atoms with Gasteiger partial charge in [-0.1, -0.05) is 12.5 Å². The normalized spacial score (nSPS) is 18.7.